The van der Waals surface area contributed by atoms with Gasteiger partial charge in [0.15, 0.2) is 0 Å². The Morgan fingerprint density at radius 1 is 0.857 bits per heavy atom. The predicted molar refractivity (Wildman–Crippen MR) is 112 cm³/mol. The number of benzene rings is 3. The zero-order valence-corrected chi connectivity index (χ0v) is 16.5. The highest BCUT2D eigenvalue weighted by Crippen LogP contribution is 2.26. The number of rotatable bonds is 6. The van der Waals surface area contributed by atoms with Crippen LogP contribution in [0, 0.1) is 0 Å². The van der Waals surface area contributed by atoms with Crippen LogP contribution in [0.4, 0.5) is 11.4 Å². The fourth-order valence-corrected chi connectivity index (χ4v) is 3.96. The van der Waals surface area contributed by atoms with Crippen molar-refractivity contribution in [2.24, 2.45) is 0 Å². The van der Waals surface area contributed by atoms with Gasteiger partial charge in [-0.05, 0) is 47.9 Å². The SMILES string of the molecule is CC(C)c1ccccc1NS(=O)(=O)c1cccc(C(=O)Nc2ccccc2)c1. The number of hydrogen-bond acceptors (Lipinski definition) is 3. The third-order valence-electron chi connectivity index (χ3n) is 4.27. The molecule has 2 N–H and O–H groups in total. The van der Waals surface area contributed by atoms with Crippen molar-refractivity contribution in [2.45, 2.75) is 24.7 Å². The first-order chi connectivity index (χ1) is 13.4. The van der Waals surface area contributed by atoms with E-state index in [1.54, 1.807) is 36.4 Å². The van der Waals surface area contributed by atoms with E-state index < -0.39 is 10.0 Å². The molecule has 144 valence electrons. The lowest BCUT2D eigenvalue weighted by Gasteiger charge is -2.15. The van der Waals surface area contributed by atoms with Crippen LogP contribution >= 0.6 is 0 Å². The van der Waals surface area contributed by atoms with Crippen LogP contribution in [0.15, 0.2) is 83.8 Å². The Kier molecular flexibility index (Phi) is 5.80. The molecule has 0 radical (unpaired) electrons. The van der Waals surface area contributed by atoms with Gasteiger partial charge in [0.25, 0.3) is 15.9 Å². The standard InChI is InChI=1S/C22H22N2O3S/c1-16(2)20-13-6-7-14-21(20)24-28(26,27)19-12-8-9-17(15-19)22(25)23-18-10-4-3-5-11-18/h3-16,24H,1-2H3,(H,23,25). The van der Waals surface area contributed by atoms with Gasteiger partial charge in [-0.3, -0.25) is 9.52 Å². The van der Waals surface area contributed by atoms with Gasteiger partial charge in [0.05, 0.1) is 10.6 Å². The molecule has 0 aliphatic heterocycles. The Balaban J connectivity index is 1.86. The molecule has 3 aromatic rings. The molecule has 5 nitrogen and oxygen atoms in total. The molecule has 0 atom stereocenters. The van der Waals surface area contributed by atoms with E-state index in [4.69, 9.17) is 0 Å². The van der Waals surface area contributed by atoms with Gasteiger partial charge in [0.1, 0.15) is 0 Å². The van der Waals surface area contributed by atoms with E-state index in [-0.39, 0.29) is 22.3 Å². The van der Waals surface area contributed by atoms with Crippen LogP contribution < -0.4 is 10.0 Å². The van der Waals surface area contributed by atoms with Crippen LogP contribution in [0.3, 0.4) is 0 Å². The summed E-state index contributed by atoms with van der Waals surface area (Å²) in [5.74, 6) is -0.201. The van der Waals surface area contributed by atoms with Crippen molar-refractivity contribution in [1.82, 2.24) is 0 Å². The summed E-state index contributed by atoms with van der Waals surface area (Å²) in [5.41, 5.74) is 2.36. The molecule has 1 amide bonds. The van der Waals surface area contributed by atoms with Crippen molar-refractivity contribution in [3.05, 3.63) is 90.0 Å². The van der Waals surface area contributed by atoms with Gasteiger partial charge in [-0.1, -0.05) is 56.3 Å². The van der Waals surface area contributed by atoms with Crippen LogP contribution in [-0.4, -0.2) is 14.3 Å². The number of sulfonamides is 1. The summed E-state index contributed by atoms with van der Waals surface area (Å²) in [6, 6.07) is 22.3. The molecule has 28 heavy (non-hydrogen) atoms. The van der Waals surface area contributed by atoms with Crippen molar-refractivity contribution < 1.29 is 13.2 Å². The summed E-state index contributed by atoms with van der Waals surface area (Å²) in [7, 11) is -3.83. The highest BCUT2D eigenvalue weighted by molar-refractivity contribution is 7.92. The Hall–Kier alpha value is -3.12. The minimum atomic E-state index is -3.83. The van der Waals surface area contributed by atoms with Crippen molar-refractivity contribution in [3.63, 3.8) is 0 Å². The maximum absolute atomic E-state index is 12.9. The van der Waals surface area contributed by atoms with E-state index in [0.717, 1.165) is 5.56 Å². The molecule has 6 heteroatoms. The second-order valence-electron chi connectivity index (χ2n) is 6.70. The summed E-state index contributed by atoms with van der Waals surface area (Å²) < 4.78 is 28.4. The van der Waals surface area contributed by atoms with Gasteiger partial charge in [0, 0.05) is 11.3 Å². The molecule has 3 aromatic carbocycles. The number of anilines is 2. The van der Waals surface area contributed by atoms with Gasteiger partial charge >= 0.3 is 0 Å². The van der Waals surface area contributed by atoms with Crippen LogP contribution in [0.2, 0.25) is 0 Å². The van der Waals surface area contributed by atoms with E-state index in [2.05, 4.69) is 10.0 Å². The Labute approximate surface area is 165 Å². The minimum Gasteiger partial charge on any atom is -0.322 e. The van der Waals surface area contributed by atoms with E-state index >= 15 is 0 Å². The van der Waals surface area contributed by atoms with Crippen LogP contribution in [0.25, 0.3) is 0 Å². The zero-order chi connectivity index (χ0) is 20.1. The normalized spacial score (nSPS) is 11.2. The molecule has 0 aromatic heterocycles. The van der Waals surface area contributed by atoms with Gasteiger partial charge in [-0.25, -0.2) is 8.42 Å². The molecule has 0 aliphatic carbocycles. The smallest absolute Gasteiger partial charge is 0.261 e. The van der Waals surface area contributed by atoms with Gasteiger partial charge in [-0.15, -0.1) is 0 Å². The van der Waals surface area contributed by atoms with E-state index in [9.17, 15) is 13.2 Å². The molecule has 0 saturated carbocycles. The number of carbonyl (C=O) groups is 1. The third-order valence-corrected chi connectivity index (χ3v) is 5.63. The first-order valence-corrected chi connectivity index (χ1v) is 10.4. The molecule has 0 saturated heterocycles. The number of hydrogen-bond donors (Lipinski definition) is 2. The lowest BCUT2D eigenvalue weighted by Crippen LogP contribution is -2.16. The van der Waals surface area contributed by atoms with Crippen molar-refractivity contribution in [1.29, 1.82) is 0 Å². The topological polar surface area (TPSA) is 75.3 Å². The maximum Gasteiger partial charge on any atom is 0.261 e. The molecule has 0 bridgehead atoms. The Morgan fingerprint density at radius 3 is 2.25 bits per heavy atom. The zero-order valence-electron chi connectivity index (χ0n) is 15.7. The number of para-hydroxylation sites is 2. The lowest BCUT2D eigenvalue weighted by atomic mass is 10.0. The summed E-state index contributed by atoms with van der Waals surface area (Å²) >= 11 is 0. The summed E-state index contributed by atoms with van der Waals surface area (Å²) in [5, 5.41) is 2.76. The first-order valence-electron chi connectivity index (χ1n) is 8.95. The molecule has 3 rings (SSSR count). The van der Waals surface area contributed by atoms with E-state index in [1.807, 2.05) is 44.2 Å². The quantitative estimate of drug-likeness (QED) is 0.627. The second-order valence-corrected chi connectivity index (χ2v) is 8.38. The Morgan fingerprint density at radius 2 is 1.54 bits per heavy atom. The second kappa shape index (κ2) is 8.27. The number of amides is 1. The van der Waals surface area contributed by atoms with Gasteiger partial charge in [0.2, 0.25) is 0 Å². The van der Waals surface area contributed by atoms with Crippen molar-refractivity contribution >= 4 is 27.3 Å². The largest absolute Gasteiger partial charge is 0.322 e. The average Bonchev–Trinajstić information content (AvgIpc) is 2.69. The lowest BCUT2D eigenvalue weighted by molar-refractivity contribution is 0.102. The van der Waals surface area contributed by atoms with Crippen LogP contribution in [0.1, 0.15) is 35.7 Å². The number of carbonyl (C=O) groups excluding carboxylic acids is 1. The molecule has 0 aliphatic rings. The fraction of sp³-hybridized carbons (Fsp3) is 0.136. The predicted octanol–water partition coefficient (Wildman–Crippen LogP) is 4.86. The van der Waals surface area contributed by atoms with Crippen LogP contribution in [-0.2, 0) is 10.0 Å². The van der Waals surface area contributed by atoms with Crippen LogP contribution in [0.5, 0.6) is 0 Å². The fourth-order valence-electron chi connectivity index (χ4n) is 2.83. The van der Waals surface area contributed by atoms with Gasteiger partial charge in [-0.2, -0.15) is 0 Å². The Bertz CT molecular complexity index is 1080. The summed E-state index contributed by atoms with van der Waals surface area (Å²) in [6.45, 7) is 4.00. The first kappa shape index (κ1) is 19.6. The van der Waals surface area contributed by atoms with E-state index in [0.29, 0.717) is 11.4 Å². The highest BCUT2D eigenvalue weighted by atomic mass is 32.2. The summed E-state index contributed by atoms with van der Waals surface area (Å²) in [6.07, 6.45) is 0. The highest BCUT2D eigenvalue weighted by Gasteiger charge is 2.18. The van der Waals surface area contributed by atoms with Crippen molar-refractivity contribution in [2.75, 3.05) is 10.0 Å². The van der Waals surface area contributed by atoms with Crippen molar-refractivity contribution in [3.8, 4) is 0 Å². The molecule has 0 fully saturated rings. The van der Waals surface area contributed by atoms with E-state index in [1.165, 1.54) is 12.1 Å². The number of nitrogens with one attached hydrogen (secondary N) is 2. The molecule has 0 unspecified atom stereocenters. The monoisotopic (exact) mass is 394 g/mol. The average molecular weight is 394 g/mol. The van der Waals surface area contributed by atoms with Gasteiger partial charge < -0.3 is 5.32 Å². The summed E-state index contributed by atoms with van der Waals surface area (Å²) in [4.78, 5) is 12.5. The minimum absolute atomic E-state index is 0.0340. The maximum atomic E-state index is 12.9. The molecule has 0 heterocycles. The molecular formula is C22H22N2O3S. The third kappa shape index (κ3) is 4.58. The molecule has 0 spiro atoms. The molecular weight excluding hydrogens is 372 g/mol.